The molecule has 0 bridgehead atoms. The highest BCUT2D eigenvalue weighted by Gasteiger charge is 2.33. The summed E-state index contributed by atoms with van der Waals surface area (Å²) < 4.78 is 0. The zero-order valence-electron chi connectivity index (χ0n) is 11.4. The lowest BCUT2D eigenvalue weighted by molar-refractivity contribution is -0.133. The van der Waals surface area contributed by atoms with E-state index in [-0.39, 0.29) is 18.4 Å². The van der Waals surface area contributed by atoms with Gasteiger partial charge in [0.15, 0.2) is 0 Å². The number of hydrogen-bond acceptors (Lipinski definition) is 2. The summed E-state index contributed by atoms with van der Waals surface area (Å²) in [7, 11) is 0. The van der Waals surface area contributed by atoms with Gasteiger partial charge in [-0.2, -0.15) is 0 Å². The van der Waals surface area contributed by atoms with Crippen molar-refractivity contribution < 1.29 is 4.79 Å². The Labute approximate surface area is 117 Å². The van der Waals surface area contributed by atoms with Gasteiger partial charge in [0.1, 0.15) is 0 Å². The molecule has 4 heteroatoms. The summed E-state index contributed by atoms with van der Waals surface area (Å²) in [5.41, 5.74) is 6.12. The predicted molar refractivity (Wildman–Crippen MR) is 76.8 cm³/mol. The molecule has 106 valence electrons. The smallest absolute Gasteiger partial charge is 0.223 e. The number of carbonyl (C=O) groups is 1. The molecule has 18 heavy (non-hydrogen) atoms. The van der Waals surface area contributed by atoms with Crippen molar-refractivity contribution in [2.45, 2.75) is 70.4 Å². The van der Waals surface area contributed by atoms with Gasteiger partial charge in [-0.15, -0.1) is 12.4 Å². The molecule has 0 radical (unpaired) electrons. The second-order valence-corrected chi connectivity index (χ2v) is 5.73. The normalized spacial score (nSPS) is 27.4. The van der Waals surface area contributed by atoms with Crippen molar-refractivity contribution in [3.63, 3.8) is 0 Å². The second kappa shape index (κ2) is 7.34. The number of carbonyl (C=O) groups excluding carboxylic acids is 1. The van der Waals surface area contributed by atoms with Crippen LogP contribution in [0, 0.1) is 5.92 Å². The van der Waals surface area contributed by atoms with E-state index in [2.05, 4.69) is 11.8 Å². The molecule has 2 fully saturated rings. The molecule has 0 aromatic heterocycles. The van der Waals surface area contributed by atoms with E-state index in [1.165, 1.54) is 25.7 Å². The van der Waals surface area contributed by atoms with Crippen LogP contribution in [0.5, 0.6) is 0 Å². The highest BCUT2D eigenvalue weighted by atomic mass is 35.5. The van der Waals surface area contributed by atoms with Gasteiger partial charge in [-0.25, -0.2) is 0 Å². The summed E-state index contributed by atoms with van der Waals surface area (Å²) in [6.07, 6.45) is 8.93. The maximum atomic E-state index is 12.3. The van der Waals surface area contributed by atoms with E-state index in [9.17, 15) is 4.79 Å². The topological polar surface area (TPSA) is 46.3 Å². The van der Waals surface area contributed by atoms with E-state index in [1.54, 1.807) is 0 Å². The lowest BCUT2D eigenvalue weighted by atomic mass is 9.82. The van der Waals surface area contributed by atoms with Gasteiger partial charge in [0.2, 0.25) is 5.91 Å². The number of amides is 1. The van der Waals surface area contributed by atoms with Crippen LogP contribution >= 0.6 is 12.4 Å². The highest BCUT2D eigenvalue weighted by Crippen LogP contribution is 2.31. The molecule has 0 aliphatic heterocycles. The lowest BCUT2D eigenvalue weighted by Crippen LogP contribution is -2.40. The molecular formula is C14H27ClN2O. The molecule has 2 saturated carbocycles. The summed E-state index contributed by atoms with van der Waals surface area (Å²) in [6, 6.07) is 0.817. The fourth-order valence-corrected chi connectivity index (χ4v) is 2.97. The third-order valence-electron chi connectivity index (χ3n) is 4.18. The molecule has 2 aliphatic rings. The molecule has 2 rings (SSSR count). The predicted octanol–water partition coefficient (Wildman–Crippen LogP) is 2.72. The van der Waals surface area contributed by atoms with Crippen LogP contribution in [0.1, 0.15) is 58.3 Å². The van der Waals surface area contributed by atoms with Crippen LogP contribution in [0.25, 0.3) is 0 Å². The second-order valence-electron chi connectivity index (χ2n) is 5.73. The van der Waals surface area contributed by atoms with E-state index >= 15 is 0 Å². The molecule has 0 saturated heterocycles. The van der Waals surface area contributed by atoms with Crippen molar-refractivity contribution in [2.24, 2.45) is 11.7 Å². The quantitative estimate of drug-likeness (QED) is 0.838. The van der Waals surface area contributed by atoms with Crippen LogP contribution in [0.15, 0.2) is 0 Å². The van der Waals surface area contributed by atoms with Crippen LogP contribution in [0.4, 0.5) is 0 Å². The Morgan fingerprint density at radius 1 is 1.22 bits per heavy atom. The minimum atomic E-state index is 0. The van der Waals surface area contributed by atoms with Gasteiger partial charge in [0.05, 0.1) is 0 Å². The Morgan fingerprint density at radius 3 is 2.44 bits per heavy atom. The minimum absolute atomic E-state index is 0. The van der Waals surface area contributed by atoms with Crippen LogP contribution in [0.3, 0.4) is 0 Å². The van der Waals surface area contributed by atoms with E-state index in [0.717, 1.165) is 25.8 Å². The first-order valence-electron chi connectivity index (χ1n) is 7.27. The lowest BCUT2D eigenvalue weighted by Gasteiger charge is -2.30. The van der Waals surface area contributed by atoms with Gasteiger partial charge >= 0.3 is 0 Å². The van der Waals surface area contributed by atoms with E-state index in [0.29, 0.717) is 24.3 Å². The SMILES string of the molecule is CCCN(C(=O)CC1CCCCC1N)C1CC1.Cl. The Kier molecular flexibility index (Phi) is 6.44. The van der Waals surface area contributed by atoms with E-state index < -0.39 is 0 Å². The third-order valence-corrected chi connectivity index (χ3v) is 4.18. The number of halogens is 1. The first kappa shape index (κ1) is 15.8. The van der Waals surface area contributed by atoms with E-state index in [4.69, 9.17) is 5.73 Å². The Hall–Kier alpha value is -0.280. The van der Waals surface area contributed by atoms with Crippen LogP contribution in [0.2, 0.25) is 0 Å². The van der Waals surface area contributed by atoms with Crippen LogP contribution < -0.4 is 5.73 Å². The standard InChI is InChI=1S/C14H26N2O.ClH/c1-2-9-16(12-7-8-12)14(17)10-11-5-3-4-6-13(11)15;/h11-13H,2-10,15H2,1H3;1H. The van der Waals surface area contributed by atoms with Crippen molar-refractivity contribution >= 4 is 18.3 Å². The molecule has 2 aliphatic carbocycles. The zero-order chi connectivity index (χ0) is 12.3. The van der Waals surface area contributed by atoms with Gasteiger partial charge < -0.3 is 10.6 Å². The van der Waals surface area contributed by atoms with Gasteiger partial charge in [0, 0.05) is 25.0 Å². The molecule has 0 aromatic rings. The molecule has 2 unspecified atom stereocenters. The summed E-state index contributed by atoms with van der Waals surface area (Å²) in [6.45, 7) is 3.08. The maximum absolute atomic E-state index is 12.3. The number of nitrogens with two attached hydrogens (primary N) is 1. The monoisotopic (exact) mass is 274 g/mol. The fourth-order valence-electron chi connectivity index (χ4n) is 2.97. The van der Waals surface area contributed by atoms with Gasteiger partial charge in [0.25, 0.3) is 0 Å². The largest absolute Gasteiger partial charge is 0.340 e. The van der Waals surface area contributed by atoms with Gasteiger partial charge in [-0.1, -0.05) is 19.8 Å². The molecule has 0 spiro atoms. The fraction of sp³-hybridized carbons (Fsp3) is 0.929. The Bertz CT molecular complexity index is 269. The summed E-state index contributed by atoms with van der Waals surface area (Å²) in [5.74, 6) is 0.797. The Balaban J connectivity index is 0.00000162. The van der Waals surface area contributed by atoms with Crippen molar-refractivity contribution in [1.82, 2.24) is 4.90 Å². The van der Waals surface area contributed by atoms with Crippen molar-refractivity contribution in [3.05, 3.63) is 0 Å². The average molecular weight is 275 g/mol. The van der Waals surface area contributed by atoms with Crippen molar-refractivity contribution in [2.75, 3.05) is 6.54 Å². The van der Waals surface area contributed by atoms with Crippen LogP contribution in [-0.4, -0.2) is 29.4 Å². The number of hydrogen-bond donors (Lipinski definition) is 1. The highest BCUT2D eigenvalue weighted by molar-refractivity contribution is 5.85. The summed E-state index contributed by atoms with van der Waals surface area (Å²) in [4.78, 5) is 14.4. The molecule has 0 aromatic carbocycles. The number of rotatable bonds is 5. The van der Waals surface area contributed by atoms with Gasteiger partial charge in [-0.05, 0) is 38.0 Å². The van der Waals surface area contributed by atoms with Crippen molar-refractivity contribution in [3.8, 4) is 0 Å². The molecular weight excluding hydrogens is 248 g/mol. The summed E-state index contributed by atoms with van der Waals surface area (Å²) >= 11 is 0. The first-order valence-corrected chi connectivity index (χ1v) is 7.27. The van der Waals surface area contributed by atoms with Crippen molar-refractivity contribution in [1.29, 1.82) is 0 Å². The maximum Gasteiger partial charge on any atom is 0.223 e. The van der Waals surface area contributed by atoms with Gasteiger partial charge in [-0.3, -0.25) is 4.79 Å². The van der Waals surface area contributed by atoms with E-state index in [1.807, 2.05) is 0 Å². The summed E-state index contributed by atoms with van der Waals surface area (Å²) in [5, 5.41) is 0. The number of nitrogens with zero attached hydrogens (tertiary/aromatic N) is 1. The average Bonchev–Trinajstić information content (AvgIpc) is 3.13. The van der Waals surface area contributed by atoms with Crippen LogP contribution in [-0.2, 0) is 4.79 Å². The minimum Gasteiger partial charge on any atom is -0.340 e. The Morgan fingerprint density at radius 2 is 1.89 bits per heavy atom. The molecule has 1 amide bonds. The molecule has 3 nitrogen and oxygen atoms in total. The first-order chi connectivity index (χ1) is 8.22. The molecule has 2 atom stereocenters. The molecule has 2 N–H and O–H groups in total. The molecule has 0 heterocycles. The zero-order valence-corrected chi connectivity index (χ0v) is 12.3. The third kappa shape index (κ3) is 4.13.